The standard InChI is InChI=1S/C39H47NO4/c1-3-25(2)22-31-37-19-6-7-20-38(37,39(31)30-13-8-10-27(11-9-21-40)33(30)34(41)44-39)32(43-35(37)42)23-26-14-15-29-17-16-28-12-4-5-18-36(28,29)24-26/h4-6,8,10,12-13,18-19,23,25-26,28-29,31H,3,7,9,11,14-17,20-22,24,40H2,1-2H3. The van der Waals surface area contributed by atoms with E-state index in [1.165, 1.54) is 19.3 Å². The van der Waals surface area contributed by atoms with Crippen LogP contribution in [0.5, 0.6) is 0 Å². The van der Waals surface area contributed by atoms with E-state index in [9.17, 15) is 9.59 Å². The van der Waals surface area contributed by atoms with E-state index >= 15 is 0 Å². The average molecular weight is 594 g/mol. The Morgan fingerprint density at radius 2 is 1.98 bits per heavy atom. The Morgan fingerprint density at radius 3 is 2.82 bits per heavy atom. The predicted molar refractivity (Wildman–Crippen MR) is 170 cm³/mol. The Morgan fingerprint density at radius 1 is 1.11 bits per heavy atom. The van der Waals surface area contributed by atoms with Crippen LogP contribution in [0.3, 0.4) is 0 Å². The van der Waals surface area contributed by atoms with Crippen LogP contribution in [0.1, 0.15) is 99.5 Å². The second-order valence-electron chi connectivity index (χ2n) is 15.1. The van der Waals surface area contributed by atoms with Gasteiger partial charge in [-0.15, -0.1) is 0 Å². The van der Waals surface area contributed by atoms with Gasteiger partial charge in [-0.25, -0.2) is 4.79 Å². The zero-order valence-corrected chi connectivity index (χ0v) is 26.4. The van der Waals surface area contributed by atoms with Crippen LogP contribution in [0.4, 0.5) is 0 Å². The normalized spacial score (nSPS) is 42.3. The van der Waals surface area contributed by atoms with Crippen LogP contribution in [0.15, 0.2) is 66.5 Å². The first-order chi connectivity index (χ1) is 21.4. The number of nitrogens with two attached hydrogens (primary N) is 1. The van der Waals surface area contributed by atoms with E-state index in [2.05, 4.69) is 74.6 Å². The summed E-state index contributed by atoms with van der Waals surface area (Å²) in [5, 5.41) is 0. The molecule has 5 nitrogen and oxygen atoms in total. The molecule has 1 saturated heterocycles. The van der Waals surface area contributed by atoms with E-state index < -0.39 is 16.4 Å². The van der Waals surface area contributed by atoms with Crippen molar-refractivity contribution in [3.8, 4) is 0 Å². The number of allylic oxidation sites excluding steroid dienone is 6. The Balaban J connectivity index is 1.28. The van der Waals surface area contributed by atoms with Crippen molar-refractivity contribution in [2.75, 3.05) is 6.54 Å². The summed E-state index contributed by atoms with van der Waals surface area (Å²) < 4.78 is 13.4. The summed E-state index contributed by atoms with van der Waals surface area (Å²) >= 11 is 0. The molecule has 4 fully saturated rings. The summed E-state index contributed by atoms with van der Waals surface area (Å²) in [4.78, 5) is 28.4. The zero-order chi connectivity index (χ0) is 30.3. The van der Waals surface area contributed by atoms with Crippen molar-refractivity contribution in [2.45, 2.75) is 90.1 Å². The van der Waals surface area contributed by atoms with Crippen molar-refractivity contribution in [2.24, 2.45) is 51.6 Å². The number of benzene rings is 1. The van der Waals surface area contributed by atoms with Gasteiger partial charge < -0.3 is 15.2 Å². The Labute approximate surface area is 262 Å². The quantitative estimate of drug-likeness (QED) is 0.259. The number of carbonyl (C=O) groups is 2. The van der Waals surface area contributed by atoms with Crippen LogP contribution in [0, 0.1) is 45.8 Å². The molecule has 0 aromatic heterocycles. The first kappa shape index (κ1) is 28.5. The van der Waals surface area contributed by atoms with E-state index in [1.807, 2.05) is 0 Å². The molecule has 2 spiro atoms. The highest BCUT2D eigenvalue weighted by molar-refractivity contribution is 5.99. The largest absolute Gasteiger partial charge is 0.449 e. The van der Waals surface area contributed by atoms with Crippen molar-refractivity contribution in [3.05, 3.63) is 83.2 Å². The number of fused-ring (bicyclic) bond motifs is 2. The Kier molecular flexibility index (Phi) is 6.51. The maximum absolute atomic E-state index is 14.4. The molecule has 44 heavy (non-hydrogen) atoms. The van der Waals surface area contributed by atoms with Gasteiger partial charge in [0.2, 0.25) is 0 Å². The van der Waals surface area contributed by atoms with Crippen molar-refractivity contribution in [1.82, 2.24) is 0 Å². The SMILES string of the molecule is CCC(C)CC1C23C=CCCC2(C(=CC2CCC4CCC5C=CC=CC54C2)OC3=O)C12OC(=O)c1c(CCCN)cccc12. The van der Waals surface area contributed by atoms with E-state index in [0.29, 0.717) is 29.9 Å². The fourth-order valence-corrected chi connectivity index (χ4v) is 11.4. The van der Waals surface area contributed by atoms with Gasteiger partial charge in [0.25, 0.3) is 0 Å². The number of cyclic esters (lactones) is 1. The van der Waals surface area contributed by atoms with E-state index in [1.54, 1.807) is 0 Å². The summed E-state index contributed by atoms with van der Waals surface area (Å²) in [6.07, 6.45) is 27.0. The van der Waals surface area contributed by atoms with Gasteiger partial charge in [0.15, 0.2) is 5.60 Å². The number of aryl methyl sites for hydroxylation is 1. The fraction of sp³-hybridized carbons (Fsp3) is 0.590. The third kappa shape index (κ3) is 3.35. The highest BCUT2D eigenvalue weighted by Crippen LogP contribution is 2.84. The number of esters is 2. The van der Waals surface area contributed by atoms with E-state index in [0.717, 1.165) is 74.2 Å². The average Bonchev–Trinajstić information content (AvgIpc) is 3.65. The van der Waals surface area contributed by atoms with Crippen molar-refractivity contribution in [3.63, 3.8) is 0 Å². The van der Waals surface area contributed by atoms with E-state index in [-0.39, 0.29) is 23.3 Å². The smallest absolute Gasteiger partial charge is 0.339 e. The molecule has 3 saturated carbocycles. The van der Waals surface area contributed by atoms with Gasteiger partial charge in [-0.1, -0.05) is 74.9 Å². The molecule has 1 aromatic rings. The van der Waals surface area contributed by atoms with Gasteiger partial charge >= 0.3 is 11.9 Å². The molecule has 2 N–H and O–H groups in total. The molecule has 0 radical (unpaired) electrons. The lowest BCUT2D eigenvalue weighted by Crippen LogP contribution is -2.75. The van der Waals surface area contributed by atoms with Crippen LogP contribution < -0.4 is 5.73 Å². The zero-order valence-electron chi connectivity index (χ0n) is 26.4. The van der Waals surface area contributed by atoms with Gasteiger partial charge in [0.05, 0.1) is 11.0 Å². The minimum atomic E-state index is -0.914. The minimum Gasteiger partial charge on any atom is -0.449 e. The predicted octanol–water partition coefficient (Wildman–Crippen LogP) is 7.71. The first-order valence-corrected chi connectivity index (χ1v) is 17.4. The van der Waals surface area contributed by atoms with Crippen LogP contribution in [0.25, 0.3) is 0 Å². The summed E-state index contributed by atoms with van der Waals surface area (Å²) in [7, 11) is 0. The number of carbonyl (C=O) groups excluding carboxylic acids is 2. The molecular formula is C39H47NO4. The Hall–Kier alpha value is -2.92. The molecule has 8 rings (SSSR count). The maximum atomic E-state index is 14.4. The molecule has 232 valence electrons. The number of rotatable bonds is 7. The molecule has 0 amide bonds. The number of hydrogen-bond donors (Lipinski definition) is 1. The van der Waals surface area contributed by atoms with Crippen molar-refractivity contribution in [1.29, 1.82) is 0 Å². The molecule has 1 aromatic carbocycles. The summed E-state index contributed by atoms with van der Waals surface area (Å²) in [6, 6.07) is 6.24. The summed E-state index contributed by atoms with van der Waals surface area (Å²) in [5.74, 6) is 2.25. The molecule has 2 aliphatic heterocycles. The summed E-state index contributed by atoms with van der Waals surface area (Å²) in [5.41, 5.74) is 6.35. The third-order valence-corrected chi connectivity index (χ3v) is 13.4. The molecule has 7 aliphatic rings. The number of ether oxygens (including phenoxy) is 2. The fourth-order valence-electron chi connectivity index (χ4n) is 11.4. The monoisotopic (exact) mass is 593 g/mol. The Bertz CT molecular complexity index is 1520. The van der Waals surface area contributed by atoms with Crippen LogP contribution in [-0.4, -0.2) is 18.5 Å². The highest BCUT2D eigenvalue weighted by atomic mass is 16.6. The number of hydrogen-bond acceptors (Lipinski definition) is 5. The van der Waals surface area contributed by atoms with Crippen LogP contribution in [0.2, 0.25) is 0 Å². The molecular weight excluding hydrogens is 546 g/mol. The first-order valence-electron chi connectivity index (χ1n) is 17.4. The van der Waals surface area contributed by atoms with Crippen molar-refractivity contribution < 1.29 is 19.1 Å². The van der Waals surface area contributed by atoms with E-state index in [4.69, 9.17) is 15.2 Å². The topological polar surface area (TPSA) is 78.6 Å². The maximum Gasteiger partial charge on any atom is 0.339 e. The second-order valence-corrected chi connectivity index (χ2v) is 15.1. The molecule has 9 unspecified atom stereocenters. The summed E-state index contributed by atoms with van der Waals surface area (Å²) in [6.45, 7) is 5.03. The van der Waals surface area contributed by atoms with Gasteiger partial charge in [-0.3, -0.25) is 4.79 Å². The highest BCUT2D eigenvalue weighted by Gasteiger charge is 2.90. The molecule has 2 heterocycles. The second kappa shape index (κ2) is 10.0. The van der Waals surface area contributed by atoms with Gasteiger partial charge in [0.1, 0.15) is 11.2 Å². The van der Waals surface area contributed by atoms with Gasteiger partial charge in [-0.05, 0) is 111 Å². The van der Waals surface area contributed by atoms with Crippen LogP contribution >= 0.6 is 0 Å². The lowest BCUT2D eigenvalue weighted by atomic mass is 9.31. The van der Waals surface area contributed by atoms with Gasteiger partial charge in [0, 0.05) is 11.5 Å². The lowest BCUT2D eigenvalue weighted by molar-refractivity contribution is -0.273. The lowest BCUT2D eigenvalue weighted by Gasteiger charge is -2.69. The molecule has 0 bridgehead atoms. The minimum absolute atomic E-state index is 0.145. The molecule has 9 atom stereocenters. The van der Waals surface area contributed by atoms with Crippen LogP contribution in [-0.2, 0) is 26.3 Å². The third-order valence-electron chi connectivity index (χ3n) is 13.4. The van der Waals surface area contributed by atoms with Gasteiger partial charge in [-0.2, -0.15) is 0 Å². The van der Waals surface area contributed by atoms with Crippen molar-refractivity contribution >= 4 is 11.9 Å². The molecule has 5 heteroatoms. The molecule has 5 aliphatic carbocycles.